The van der Waals surface area contributed by atoms with Crippen LogP contribution in [0.4, 0.5) is 0 Å². The Morgan fingerprint density at radius 1 is 1.21 bits per heavy atom. The number of rotatable bonds is 9. The van der Waals surface area contributed by atoms with Gasteiger partial charge in [-0.25, -0.2) is 0 Å². The Labute approximate surface area is 173 Å². The fraction of sp³-hybridized carbons (Fsp3) is 0.435. The lowest BCUT2D eigenvalue weighted by atomic mass is 10.00. The normalized spacial score (nSPS) is 15.0. The number of aliphatic hydroxyl groups is 1. The minimum atomic E-state index is -0.558. The molecule has 1 amide bonds. The Kier molecular flexibility index (Phi) is 7.63. The minimum Gasteiger partial charge on any atom is -0.491 e. The number of β-amino-alcohol motifs (C(OH)–C–C–N with tert-alkyl or cyclic N) is 1. The Bertz CT molecular complexity index is 811. The Balaban J connectivity index is 1.50. The van der Waals surface area contributed by atoms with Gasteiger partial charge in [0.15, 0.2) is 0 Å². The van der Waals surface area contributed by atoms with Gasteiger partial charge < -0.3 is 15.2 Å². The van der Waals surface area contributed by atoms with Gasteiger partial charge in [0.1, 0.15) is 18.5 Å². The van der Waals surface area contributed by atoms with E-state index in [0.717, 1.165) is 30.8 Å². The van der Waals surface area contributed by atoms with Crippen molar-refractivity contribution in [3.63, 3.8) is 0 Å². The first kappa shape index (κ1) is 21.3. The molecule has 2 aromatic carbocycles. The van der Waals surface area contributed by atoms with Crippen molar-refractivity contribution in [2.24, 2.45) is 0 Å². The number of nitrogens with zero attached hydrogens (tertiary/aromatic N) is 2. The van der Waals surface area contributed by atoms with E-state index in [1.165, 1.54) is 11.1 Å². The van der Waals surface area contributed by atoms with Gasteiger partial charge >= 0.3 is 0 Å². The highest BCUT2D eigenvalue weighted by Gasteiger charge is 2.19. The molecular weight excluding hydrogens is 366 g/mol. The zero-order chi connectivity index (χ0) is 20.6. The van der Waals surface area contributed by atoms with Crippen molar-refractivity contribution >= 4 is 5.91 Å². The molecule has 0 saturated carbocycles. The molecule has 0 aromatic heterocycles. The van der Waals surface area contributed by atoms with Crippen LogP contribution in [0.5, 0.6) is 5.75 Å². The SMILES string of the molecule is CNC(=O)CN(C)Cc1ccccc1OCC(O)CN1CCc2ccccc2C1. The third-order valence-electron chi connectivity index (χ3n) is 5.22. The Hall–Kier alpha value is -2.41. The van der Waals surface area contributed by atoms with Gasteiger partial charge in [0, 0.05) is 38.8 Å². The predicted octanol–water partition coefficient (Wildman–Crippen LogP) is 1.66. The molecule has 1 aliphatic heterocycles. The molecule has 1 unspecified atom stereocenters. The van der Waals surface area contributed by atoms with Crippen LogP contribution in [0.2, 0.25) is 0 Å². The van der Waals surface area contributed by atoms with Crippen LogP contribution >= 0.6 is 0 Å². The lowest BCUT2D eigenvalue weighted by molar-refractivity contribution is -0.121. The molecule has 2 aromatic rings. The molecule has 0 radical (unpaired) electrons. The van der Waals surface area contributed by atoms with Crippen LogP contribution in [0, 0.1) is 0 Å². The summed E-state index contributed by atoms with van der Waals surface area (Å²) in [4.78, 5) is 15.8. The summed E-state index contributed by atoms with van der Waals surface area (Å²) >= 11 is 0. The first-order chi connectivity index (χ1) is 14.0. The number of carbonyl (C=O) groups excluding carboxylic acids is 1. The number of aliphatic hydroxyl groups excluding tert-OH is 1. The van der Waals surface area contributed by atoms with E-state index in [2.05, 4.69) is 34.5 Å². The molecule has 6 heteroatoms. The molecule has 0 saturated heterocycles. The number of amides is 1. The van der Waals surface area contributed by atoms with Crippen molar-refractivity contribution in [2.75, 3.05) is 40.3 Å². The van der Waals surface area contributed by atoms with Crippen molar-refractivity contribution in [1.82, 2.24) is 15.1 Å². The number of ether oxygens (including phenoxy) is 1. The molecule has 1 atom stereocenters. The van der Waals surface area contributed by atoms with E-state index < -0.39 is 6.10 Å². The molecule has 156 valence electrons. The number of likely N-dealkylation sites (N-methyl/N-ethyl adjacent to an activating group) is 2. The molecule has 6 nitrogen and oxygen atoms in total. The maximum Gasteiger partial charge on any atom is 0.233 e. The van der Waals surface area contributed by atoms with Gasteiger partial charge in [0.25, 0.3) is 0 Å². The van der Waals surface area contributed by atoms with Crippen LogP contribution in [-0.2, 0) is 24.3 Å². The summed E-state index contributed by atoms with van der Waals surface area (Å²) in [6, 6.07) is 16.3. The quantitative estimate of drug-likeness (QED) is 0.674. The van der Waals surface area contributed by atoms with Gasteiger partial charge in [-0.15, -0.1) is 0 Å². The van der Waals surface area contributed by atoms with E-state index in [1.54, 1.807) is 7.05 Å². The van der Waals surface area contributed by atoms with Crippen molar-refractivity contribution in [3.8, 4) is 5.75 Å². The second-order valence-electron chi connectivity index (χ2n) is 7.67. The first-order valence-corrected chi connectivity index (χ1v) is 10.1. The summed E-state index contributed by atoms with van der Waals surface area (Å²) in [6.07, 6.45) is 0.460. The Morgan fingerprint density at radius 3 is 2.72 bits per heavy atom. The third-order valence-corrected chi connectivity index (χ3v) is 5.22. The predicted molar refractivity (Wildman–Crippen MR) is 114 cm³/mol. The van der Waals surface area contributed by atoms with Crippen molar-refractivity contribution in [1.29, 1.82) is 0 Å². The molecule has 0 fully saturated rings. The van der Waals surface area contributed by atoms with Gasteiger partial charge in [-0.3, -0.25) is 14.6 Å². The number of hydrogen-bond acceptors (Lipinski definition) is 5. The highest BCUT2D eigenvalue weighted by Crippen LogP contribution is 2.21. The average molecular weight is 398 g/mol. The first-order valence-electron chi connectivity index (χ1n) is 10.1. The van der Waals surface area contributed by atoms with Gasteiger partial charge in [-0.1, -0.05) is 42.5 Å². The molecule has 0 aliphatic carbocycles. The molecule has 29 heavy (non-hydrogen) atoms. The van der Waals surface area contributed by atoms with E-state index in [4.69, 9.17) is 4.74 Å². The monoisotopic (exact) mass is 397 g/mol. The van der Waals surface area contributed by atoms with Gasteiger partial charge in [0.05, 0.1) is 6.54 Å². The van der Waals surface area contributed by atoms with E-state index in [9.17, 15) is 9.90 Å². The van der Waals surface area contributed by atoms with E-state index in [1.807, 2.05) is 36.2 Å². The fourth-order valence-corrected chi connectivity index (χ4v) is 3.69. The van der Waals surface area contributed by atoms with E-state index in [-0.39, 0.29) is 12.5 Å². The second kappa shape index (κ2) is 10.4. The fourth-order valence-electron chi connectivity index (χ4n) is 3.69. The summed E-state index contributed by atoms with van der Waals surface area (Å²) in [7, 11) is 3.53. The number of nitrogens with one attached hydrogen (secondary N) is 1. The van der Waals surface area contributed by atoms with Gasteiger partial charge in [-0.05, 0) is 30.7 Å². The standard InChI is InChI=1S/C23H31N3O3/c1-24-23(28)16-25(2)13-20-9-5-6-10-22(20)29-17-21(27)15-26-12-11-18-7-3-4-8-19(18)14-26/h3-10,21,27H,11-17H2,1-2H3,(H,24,28). The number of para-hydroxylation sites is 1. The second-order valence-corrected chi connectivity index (χ2v) is 7.67. The summed E-state index contributed by atoms with van der Waals surface area (Å²) in [5.74, 6) is 0.726. The molecular formula is C23H31N3O3. The maximum atomic E-state index is 11.6. The molecule has 1 heterocycles. The van der Waals surface area contributed by atoms with Crippen LogP contribution < -0.4 is 10.1 Å². The molecule has 0 spiro atoms. The number of carbonyl (C=O) groups is 1. The molecule has 3 rings (SSSR count). The van der Waals surface area contributed by atoms with Gasteiger partial charge in [0.2, 0.25) is 5.91 Å². The number of hydrogen-bond donors (Lipinski definition) is 2. The maximum absolute atomic E-state index is 11.6. The summed E-state index contributed by atoms with van der Waals surface area (Å²) < 4.78 is 5.94. The van der Waals surface area contributed by atoms with E-state index in [0.29, 0.717) is 19.6 Å². The number of benzene rings is 2. The van der Waals surface area contributed by atoms with Crippen LogP contribution in [0.25, 0.3) is 0 Å². The Morgan fingerprint density at radius 2 is 1.93 bits per heavy atom. The van der Waals surface area contributed by atoms with Crippen LogP contribution in [0.1, 0.15) is 16.7 Å². The molecule has 1 aliphatic rings. The van der Waals surface area contributed by atoms with E-state index >= 15 is 0 Å². The highest BCUT2D eigenvalue weighted by atomic mass is 16.5. The van der Waals surface area contributed by atoms with Gasteiger partial charge in [-0.2, -0.15) is 0 Å². The topological polar surface area (TPSA) is 65.0 Å². The average Bonchev–Trinajstić information content (AvgIpc) is 2.73. The largest absolute Gasteiger partial charge is 0.491 e. The molecule has 0 bridgehead atoms. The lowest BCUT2D eigenvalue weighted by Crippen LogP contribution is -2.38. The van der Waals surface area contributed by atoms with Crippen LogP contribution in [-0.4, -0.2) is 67.3 Å². The zero-order valence-electron chi connectivity index (χ0n) is 17.3. The summed E-state index contributed by atoms with van der Waals surface area (Å²) in [5, 5.41) is 13.1. The summed E-state index contributed by atoms with van der Waals surface area (Å²) in [5.41, 5.74) is 3.75. The minimum absolute atomic E-state index is 0.0237. The lowest BCUT2D eigenvalue weighted by Gasteiger charge is -2.30. The summed E-state index contributed by atoms with van der Waals surface area (Å²) in [6.45, 7) is 3.58. The van der Waals surface area contributed by atoms with Crippen LogP contribution in [0.15, 0.2) is 48.5 Å². The zero-order valence-corrected chi connectivity index (χ0v) is 17.3. The van der Waals surface area contributed by atoms with Crippen molar-refractivity contribution in [3.05, 3.63) is 65.2 Å². The van der Waals surface area contributed by atoms with Crippen molar-refractivity contribution < 1.29 is 14.6 Å². The number of fused-ring (bicyclic) bond motifs is 1. The highest BCUT2D eigenvalue weighted by molar-refractivity contribution is 5.77. The van der Waals surface area contributed by atoms with Crippen LogP contribution in [0.3, 0.4) is 0 Å². The third kappa shape index (κ3) is 6.29. The van der Waals surface area contributed by atoms with Crippen molar-refractivity contribution in [2.45, 2.75) is 25.6 Å². The smallest absolute Gasteiger partial charge is 0.233 e. The molecule has 2 N–H and O–H groups in total.